The van der Waals surface area contributed by atoms with Crippen molar-refractivity contribution in [3.05, 3.63) is 71.3 Å². The molecule has 208 valence electrons. The summed E-state index contributed by atoms with van der Waals surface area (Å²) < 4.78 is 18.9. The van der Waals surface area contributed by atoms with Gasteiger partial charge in [0.05, 0.1) is 23.2 Å². The standard InChI is InChI=1S/C31H41BN2O5/c1-29(2,3)37-28(36)21-14-10-11-19(15-21)16-25(34-27(35)26(33)20-12-8-7-9-13-20)32-38-24-18-22-17-23(30(22,4)5)31(24,6)39-32/h7-15,22-26H,16-18,33H2,1-6H3,(H,34,35)/t22-,23-,24+,25-,26+,31-/m0/s1. The van der Waals surface area contributed by atoms with Gasteiger partial charge >= 0.3 is 13.1 Å². The van der Waals surface area contributed by atoms with Gasteiger partial charge < -0.3 is 25.1 Å². The molecule has 1 aliphatic heterocycles. The Kier molecular flexibility index (Phi) is 7.19. The monoisotopic (exact) mass is 532 g/mol. The summed E-state index contributed by atoms with van der Waals surface area (Å²) in [5.41, 5.74) is 7.62. The lowest BCUT2D eigenvalue weighted by Crippen LogP contribution is -2.65. The highest BCUT2D eigenvalue weighted by atomic mass is 16.7. The van der Waals surface area contributed by atoms with E-state index in [1.54, 1.807) is 6.07 Å². The van der Waals surface area contributed by atoms with Gasteiger partial charge in [0.15, 0.2) is 0 Å². The van der Waals surface area contributed by atoms with Crippen LogP contribution in [0.5, 0.6) is 0 Å². The van der Waals surface area contributed by atoms with Crippen LogP contribution in [0.1, 0.15) is 81.9 Å². The topological polar surface area (TPSA) is 99.9 Å². The highest BCUT2D eigenvalue weighted by molar-refractivity contribution is 6.48. The molecule has 4 aliphatic rings. The molecule has 1 amide bonds. The molecule has 1 heterocycles. The summed E-state index contributed by atoms with van der Waals surface area (Å²) in [6.07, 6.45) is 2.49. The molecular formula is C31H41BN2O5. The minimum Gasteiger partial charge on any atom is -0.456 e. The molecule has 6 atom stereocenters. The van der Waals surface area contributed by atoms with Crippen LogP contribution < -0.4 is 11.1 Å². The Bertz CT molecular complexity index is 1230. The smallest absolute Gasteiger partial charge is 0.456 e. The predicted octanol–water partition coefficient (Wildman–Crippen LogP) is 4.64. The number of benzene rings is 2. The van der Waals surface area contributed by atoms with E-state index in [1.807, 2.05) is 69.3 Å². The molecule has 1 saturated heterocycles. The van der Waals surface area contributed by atoms with E-state index in [9.17, 15) is 9.59 Å². The van der Waals surface area contributed by atoms with E-state index in [0.29, 0.717) is 23.8 Å². The molecule has 0 unspecified atom stereocenters. The predicted molar refractivity (Wildman–Crippen MR) is 151 cm³/mol. The number of nitrogens with one attached hydrogen (secondary N) is 1. The normalized spacial score (nSPS) is 28.6. The van der Waals surface area contributed by atoms with Gasteiger partial charge in [0.25, 0.3) is 0 Å². The zero-order valence-electron chi connectivity index (χ0n) is 23.9. The Hall–Kier alpha value is -2.68. The van der Waals surface area contributed by atoms with Crippen LogP contribution in [0, 0.1) is 17.3 Å². The van der Waals surface area contributed by atoms with E-state index in [4.69, 9.17) is 19.8 Å². The van der Waals surface area contributed by atoms with Crippen LogP contribution in [0.3, 0.4) is 0 Å². The van der Waals surface area contributed by atoms with Gasteiger partial charge in [-0.1, -0.05) is 56.3 Å². The molecule has 0 radical (unpaired) electrons. The van der Waals surface area contributed by atoms with Gasteiger partial charge in [-0.05, 0) is 87.5 Å². The summed E-state index contributed by atoms with van der Waals surface area (Å²) in [4.78, 5) is 26.1. The van der Waals surface area contributed by atoms with Gasteiger partial charge in [0.2, 0.25) is 5.91 Å². The summed E-state index contributed by atoms with van der Waals surface area (Å²) in [6.45, 7) is 12.3. The molecule has 3 saturated carbocycles. The molecule has 7 nitrogen and oxygen atoms in total. The Morgan fingerprint density at radius 2 is 1.82 bits per heavy atom. The highest BCUT2D eigenvalue weighted by Crippen LogP contribution is 2.65. The number of hydrogen-bond donors (Lipinski definition) is 2. The van der Waals surface area contributed by atoms with Crippen molar-refractivity contribution < 1.29 is 23.6 Å². The number of carbonyl (C=O) groups is 2. The number of hydrogen-bond acceptors (Lipinski definition) is 6. The zero-order chi connectivity index (χ0) is 28.2. The van der Waals surface area contributed by atoms with Crippen LogP contribution in [0.25, 0.3) is 0 Å². The largest absolute Gasteiger partial charge is 0.482 e. The fraction of sp³-hybridized carbons (Fsp3) is 0.548. The molecule has 0 spiro atoms. The fourth-order valence-corrected chi connectivity index (χ4v) is 6.79. The van der Waals surface area contributed by atoms with Crippen molar-refractivity contribution in [3.63, 3.8) is 0 Å². The first-order valence-corrected chi connectivity index (χ1v) is 14.0. The van der Waals surface area contributed by atoms with Crippen LogP contribution in [-0.2, 0) is 25.3 Å². The maximum Gasteiger partial charge on any atom is 0.482 e. The van der Waals surface area contributed by atoms with Gasteiger partial charge in [0.1, 0.15) is 11.6 Å². The van der Waals surface area contributed by atoms with Gasteiger partial charge in [-0.25, -0.2) is 4.79 Å². The molecule has 2 bridgehead atoms. The lowest BCUT2D eigenvalue weighted by Gasteiger charge is -2.64. The second-order valence-corrected chi connectivity index (χ2v) is 13.2. The summed E-state index contributed by atoms with van der Waals surface area (Å²) >= 11 is 0. The van der Waals surface area contributed by atoms with Crippen LogP contribution in [-0.4, -0.2) is 42.2 Å². The molecule has 39 heavy (non-hydrogen) atoms. The van der Waals surface area contributed by atoms with Gasteiger partial charge in [-0.15, -0.1) is 0 Å². The second kappa shape index (κ2) is 10.1. The molecule has 3 N–H and O–H groups in total. The van der Waals surface area contributed by atoms with Crippen molar-refractivity contribution in [2.75, 3.05) is 0 Å². The van der Waals surface area contributed by atoms with E-state index < -0.39 is 30.3 Å². The van der Waals surface area contributed by atoms with Crippen molar-refractivity contribution in [3.8, 4) is 0 Å². The Morgan fingerprint density at radius 3 is 2.49 bits per heavy atom. The minimum absolute atomic E-state index is 0.0189. The lowest BCUT2D eigenvalue weighted by atomic mass is 9.43. The molecule has 2 aromatic carbocycles. The van der Waals surface area contributed by atoms with Gasteiger partial charge in [0, 0.05) is 0 Å². The van der Waals surface area contributed by atoms with Crippen molar-refractivity contribution in [1.82, 2.24) is 5.32 Å². The maximum absolute atomic E-state index is 13.4. The molecule has 6 rings (SSSR count). The third-order valence-corrected chi connectivity index (χ3v) is 9.08. The quantitative estimate of drug-likeness (QED) is 0.398. The van der Waals surface area contributed by atoms with Crippen LogP contribution >= 0.6 is 0 Å². The molecule has 4 fully saturated rings. The summed E-state index contributed by atoms with van der Waals surface area (Å²) in [6, 6.07) is 15.8. The lowest BCUT2D eigenvalue weighted by molar-refractivity contribution is -0.199. The van der Waals surface area contributed by atoms with E-state index in [1.165, 1.54) is 0 Å². The van der Waals surface area contributed by atoms with Crippen LogP contribution in [0.4, 0.5) is 0 Å². The van der Waals surface area contributed by atoms with Crippen LogP contribution in [0.15, 0.2) is 54.6 Å². The van der Waals surface area contributed by atoms with Crippen LogP contribution in [0.2, 0.25) is 0 Å². The third-order valence-electron chi connectivity index (χ3n) is 9.08. The summed E-state index contributed by atoms with van der Waals surface area (Å²) in [5, 5.41) is 3.14. The van der Waals surface area contributed by atoms with Gasteiger partial charge in [-0.3, -0.25) is 4.79 Å². The molecule has 2 aromatic rings. The SMILES string of the molecule is CC(C)(C)OC(=O)c1cccc(C[C@H](NC(=O)[C@H](N)c2ccccc2)B2O[C@@H]3C[C@@H]4C[C@@H](C4(C)C)[C@]3(C)O2)c1. The Balaban J connectivity index is 1.39. The first-order valence-electron chi connectivity index (χ1n) is 14.0. The first-order chi connectivity index (χ1) is 18.3. The number of carbonyl (C=O) groups excluding carboxylic acids is 2. The first kappa shape index (κ1) is 27.9. The average molecular weight is 532 g/mol. The zero-order valence-corrected chi connectivity index (χ0v) is 23.9. The van der Waals surface area contributed by atoms with Crippen molar-refractivity contribution in [2.45, 2.75) is 90.1 Å². The number of amides is 1. The van der Waals surface area contributed by atoms with E-state index in [2.05, 4.69) is 26.1 Å². The van der Waals surface area contributed by atoms with Crippen molar-refractivity contribution in [2.24, 2.45) is 23.0 Å². The fourth-order valence-electron chi connectivity index (χ4n) is 6.79. The highest BCUT2D eigenvalue weighted by Gasteiger charge is 2.68. The number of ether oxygens (including phenoxy) is 1. The van der Waals surface area contributed by atoms with E-state index >= 15 is 0 Å². The summed E-state index contributed by atoms with van der Waals surface area (Å²) in [7, 11) is -0.632. The summed E-state index contributed by atoms with van der Waals surface area (Å²) in [5.74, 6) is -0.162. The van der Waals surface area contributed by atoms with Gasteiger partial charge in [-0.2, -0.15) is 0 Å². The second-order valence-electron chi connectivity index (χ2n) is 13.2. The number of esters is 1. The molecule has 3 aliphatic carbocycles. The number of rotatable bonds is 7. The molecule has 8 heteroatoms. The molecular weight excluding hydrogens is 491 g/mol. The minimum atomic E-state index is -0.826. The number of nitrogens with two attached hydrogens (primary N) is 1. The Labute approximate surface area is 232 Å². The molecule has 0 aromatic heterocycles. The third kappa shape index (κ3) is 5.39. The Morgan fingerprint density at radius 1 is 1.10 bits per heavy atom. The van der Waals surface area contributed by atoms with Crippen molar-refractivity contribution in [1.29, 1.82) is 0 Å². The average Bonchev–Trinajstić information content (AvgIpc) is 3.24. The van der Waals surface area contributed by atoms with Crippen molar-refractivity contribution >= 4 is 19.0 Å². The maximum atomic E-state index is 13.4. The van der Waals surface area contributed by atoms with E-state index in [0.717, 1.165) is 24.0 Å². The van der Waals surface area contributed by atoms with E-state index in [-0.39, 0.29) is 23.4 Å².